The minimum atomic E-state index is 0. The van der Waals surface area contributed by atoms with Gasteiger partial charge in [-0.25, -0.2) is 0 Å². The number of benzene rings is 1. The van der Waals surface area contributed by atoms with Gasteiger partial charge < -0.3 is 16.0 Å². The average Bonchev–Trinajstić information content (AvgIpc) is 2.95. The van der Waals surface area contributed by atoms with Gasteiger partial charge in [0.1, 0.15) is 0 Å². The summed E-state index contributed by atoms with van der Waals surface area (Å²) in [5.74, 6) is 1.33. The van der Waals surface area contributed by atoms with Crippen molar-refractivity contribution in [3.8, 4) is 0 Å². The molecule has 0 radical (unpaired) electrons. The summed E-state index contributed by atoms with van der Waals surface area (Å²) in [6, 6.07) is 8.24. The van der Waals surface area contributed by atoms with Crippen LogP contribution in [0.1, 0.15) is 44.2 Å². The number of hydrogen-bond acceptors (Lipinski definition) is 2. The first-order valence-corrected chi connectivity index (χ1v) is 8.44. The highest BCUT2D eigenvalue weighted by Crippen LogP contribution is 2.22. The van der Waals surface area contributed by atoms with Crippen LogP contribution < -0.4 is 11.1 Å². The van der Waals surface area contributed by atoms with E-state index in [9.17, 15) is 4.79 Å². The number of halogens is 1. The summed E-state index contributed by atoms with van der Waals surface area (Å²) >= 11 is 0. The molecule has 0 aromatic heterocycles. The van der Waals surface area contributed by atoms with Gasteiger partial charge in [-0.2, -0.15) is 0 Å². The normalized spacial score (nSPS) is 13.6. The zero-order valence-corrected chi connectivity index (χ0v) is 17.0. The topological polar surface area (TPSA) is 70.7 Å². The van der Waals surface area contributed by atoms with Gasteiger partial charge in [-0.15, -0.1) is 24.0 Å². The van der Waals surface area contributed by atoms with E-state index in [1.807, 2.05) is 17.0 Å². The first-order valence-electron chi connectivity index (χ1n) is 8.44. The molecule has 0 aliphatic carbocycles. The molecule has 1 aliphatic heterocycles. The maximum Gasteiger partial charge on any atom is 0.223 e. The van der Waals surface area contributed by atoms with Gasteiger partial charge in [0, 0.05) is 32.6 Å². The molecule has 134 valence electrons. The molecule has 0 saturated heterocycles. The van der Waals surface area contributed by atoms with Crippen LogP contribution in [0.2, 0.25) is 0 Å². The first kappa shape index (κ1) is 20.7. The summed E-state index contributed by atoms with van der Waals surface area (Å²) in [6.07, 6.45) is 2.33. The van der Waals surface area contributed by atoms with Crippen molar-refractivity contribution in [2.24, 2.45) is 16.6 Å². The number of carbonyl (C=O) groups is 1. The Morgan fingerprint density at radius 1 is 1.29 bits per heavy atom. The molecular weight excluding hydrogens is 415 g/mol. The highest BCUT2D eigenvalue weighted by atomic mass is 127. The van der Waals surface area contributed by atoms with Crippen molar-refractivity contribution in [1.82, 2.24) is 10.2 Å². The standard InChI is InChI=1S/C18H28N4O.HI/c1-14(2)9-11-21-18(19)20-10-5-8-17(23)22-12-15-6-3-4-7-16(15)13-22;/h3-4,6-7,14H,5,8-13H2,1-2H3,(H3,19,20,21);1H. The molecule has 6 heteroatoms. The molecule has 24 heavy (non-hydrogen) atoms. The van der Waals surface area contributed by atoms with Crippen molar-refractivity contribution >= 4 is 35.8 Å². The quantitative estimate of drug-likeness (QED) is 0.294. The van der Waals surface area contributed by atoms with Crippen LogP contribution in [0, 0.1) is 5.92 Å². The number of rotatable bonds is 7. The Morgan fingerprint density at radius 3 is 2.50 bits per heavy atom. The minimum Gasteiger partial charge on any atom is -0.370 e. The number of carbonyl (C=O) groups excluding carboxylic acids is 1. The second kappa shape index (κ2) is 10.5. The Kier molecular flexibility index (Phi) is 9.10. The van der Waals surface area contributed by atoms with Gasteiger partial charge in [0.05, 0.1) is 0 Å². The van der Waals surface area contributed by atoms with Crippen LogP contribution in [0.25, 0.3) is 0 Å². The zero-order valence-electron chi connectivity index (χ0n) is 14.6. The number of amides is 1. The lowest BCUT2D eigenvalue weighted by Crippen LogP contribution is -2.33. The fourth-order valence-electron chi connectivity index (χ4n) is 2.64. The summed E-state index contributed by atoms with van der Waals surface area (Å²) in [7, 11) is 0. The van der Waals surface area contributed by atoms with Gasteiger partial charge >= 0.3 is 0 Å². The van der Waals surface area contributed by atoms with Gasteiger partial charge in [0.25, 0.3) is 0 Å². The lowest BCUT2D eigenvalue weighted by molar-refractivity contribution is -0.131. The number of nitrogens with two attached hydrogens (primary N) is 1. The van der Waals surface area contributed by atoms with Gasteiger partial charge in [-0.05, 0) is 29.9 Å². The maximum atomic E-state index is 12.2. The molecule has 1 aromatic carbocycles. The number of hydrogen-bond donors (Lipinski definition) is 2. The van der Waals surface area contributed by atoms with E-state index in [1.165, 1.54) is 11.1 Å². The monoisotopic (exact) mass is 444 g/mol. The molecular formula is C18H29IN4O. The number of nitrogens with zero attached hydrogens (tertiary/aromatic N) is 2. The van der Waals surface area contributed by atoms with Crippen LogP contribution in [-0.4, -0.2) is 29.9 Å². The number of guanidine groups is 1. The molecule has 1 aliphatic rings. The molecule has 1 heterocycles. The first-order chi connectivity index (χ1) is 11.1. The van der Waals surface area contributed by atoms with Gasteiger partial charge in [0.2, 0.25) is 5.91 Å². The van der Waals surface area contributed by atoms with Crippen molar-refractivity contribution in [2.45, 2.75) is 46.2 Å². The third-order valence-corrected chi connectivity index (χ3v) is 4.05. The zero-order chi connectivity index (χ0) is 16.7. The van der Waals surface area contributed by atoms with Crippen LogP contribution >= 0.6 is 24.0 Å². The lowest BCUT2D eigenvalue weighted by Gasteiger charge is -2.15. The summed E-state index contributed by atoms with van der Waals surface area (Å²) in [6.45, 7) is 7.26. The van der Waals surface area contributed by atoms with E-state index in [2.05, 4.69) is 36.3 Å². The number of nitrogens with one attached hydrogen (secondary N) is 1. The van der Waals surface area contributed by atoms with Gasteiger partial charge in [-0.3, -0.25) is 9.79 Å². The lowest BCUT2D eigenvalue weighted by atomic mass is 10.1. The van der Waals surface area contributed by atoms with Crippen LogP contribution in [0.15, 0.2) is 29.3 Å². The third-order valence-electron chi connectivity index (χ3n) is 4.05. The van der Waals surface area contributed by atoms with E-state index >= 15 is 0 Å². The predicted molar refractivity (Wildman–Crippen MR) is 109 cm³/mol. The highest BCUT2D eigenvalue weighted by molar-refractivity contribution is 14.0. The largest absolute Gasteiger partial charge is 0.370 e. The van der Waals surface area contributed by atoms with Crippen molar-refractivity contribution in [2.75, 3.05) is 13.1 Å². The molecule has 3 N–H and O–H groups in total. The van der Waals surface area contributed by atoms with Crippen LogP contribution in [0.5, 0.6) is 0 Å². The van der Waals surface area contributed by atoms with Crippen LogP contribution in [0.3, 0.4) is 0 Å². The minimum absolute atomic E-state index is 0. The van der Waals surface area contributed by atoms with E-state index < -0.39 is 0 Å². The van der Waals surface area contributed by atoms with Crippen molar-refractivity contribution < 1.29 is 4.79 Å². The van der Waals surface area contributed by atoms with Crippen LogP contribution in [0.4, 0.5) is 0 Å². The molecule has 5 nitrogen and oxygen atoms in total. The second-order valence-corrected chi connectivity index (χ2v) is 6.50. The highest BCUT2D eigenvalue weighted by Gasteiger charge is 2.21. The predicted octanol–water partition coefficient (Wildman–Crippen LogP) is 2.88. The Labute approximate surface area is 162 Å². The van der Waals surface area contributed by atoms with Crippen molar-refractivity contribution in [3.05, 3.63) is 35.4 Å². The molecule has 0 saturated carbocycles. The van der Waals surface area contributed by atoms with E-state index in [-0.39, 0.29) is 29.9 Å². The van der Waals surface area contributed by atoms with E-state index in [0.29, 0.717) is 24.8 Å². The summed E-state index contributed by atoms with van der Waals surface area (Å²) in [5, 5.41) is 3.10. The Hall–Kier alpha value is -1.31. The Balaban J connectivity index is 0.00000288. The molecule has 0 atom stereocenters. The third kappa shape index (κ3) is 6.67. The average molecular weight is 444 g/mol. The molecule has 2 rings (SSSR count). The summed E-state index contributed by atoms with van der Waals surface area (Å²) in [5.41, 5.74) is 8.32. The second-order valence-electron chi connectivity index (χ2n) is 6.50. The van der Waals surface area contributed by atoms with Gasteiger partial charge in [-0.1, -0.05) is 38.1 Å². The SMILES string of the molecule is CC(C)CCNC(N)=NCCCC(=O)N1Cc2ccccc2C1.I. The fraction of sp³-hybridized carbons (Fsp3) is 0.556. The molecule has 1 aromatic rings. The fourth-order valence-corrected chi connectivity index (χ4v) is 2.64. The van der Waals surface area contributed by atoms with Crippen molar-refractivity contribution in [1.29, 1.82) is 0 Å². The Bertz CT molecular complexity index is 535. The molecule has 0 unspecified atom stereocenters. The van der Waals surface area contributed by atoms with Crippen molar-refractivity contribution in [3.63, 3.8) is 0 Å². The van der Waals surface area contributed by atoms with Crippen LogP contribution in [-0.2, 0) is 17.9 Å². The molecule has 0 spiro atoms. The van der Waals surface area contributed by atoms with E-state index in [0.717, 1.165) is 32.5 Å². The summed E-state index contributed by atoms with van der Waals surface area (Å²) in [4.78, 5) is 18.4. The summed E-state index contributed by atoms with van der Waals surface area (Å²) < 4.78 is 0. The Morgan fingerprint density at radius 2 is 1.92 bits per heavy atom. The molecule has 0 fully saturated rings. The molecule has 0 bridgehead atoms. The van der Waals surface area contributed by atoms with E-state index in [1.54, 1.807) is 0 Å². The number of fused-ring (bicyclic) bond motifs is 1. The smallest absolute Gasteiger partial charge is 0.223 e. The number of aliphatic imine (C=N–C) groups is 1. The van der Waals surface area contributed by atoms with E-state index in [4.69, 9.17) is 5.73 Å². The molecule has 1 amide bonds. The maximum absolute atomic E-state index is 12.2. The van der Waals surface area contributed by atoms with Gasteiger partial charge in [0.15, 0.2) is 5.96 Å².